The first-order valence-electron chi connectivity index (χ1n) is 9.96. The van der Waals surface area contributed by atoms with Crippen molar-refractivity contribution in [3.63, 3.8) is 0 Å². The van der Waals surface area contributed by atoms with E-state index in [-0.39, 0.29) is 29.8 Å². The number of rotatable bonds is 7. The van der Waals surface area contributed by atoms with Crippen LogP contribution in [0.5, 0.6) is 0 Å². The molecule has 10 heteroatoms. The Morgan fingerprint density at radius 2 is 1.75 bits per heavy atom. The Kier molecular flexibility index (Phi) is 6.09. The number of benzene rings is 2. The van der Waals surface area contributed by atoms with Gasteiger partial charge in [-0.1, -0.05) is 24.3 Å². The van der Waals surface area contributed by atoms with Crippen molar-refractivity contribution >= 4 is 47.5 Å². The fourth-order valence-electron chi connectivity index (χ4n) is 3.60. The molecule has 32 heavy (non-hydrogen) atoms. The second-order valence-electron chi connectivity index (χ2n) is 7.36. The molecule has 0 spiro atoms. The molecular weight excluding hydrogens is 459 g/mol. The van der Waals surface area contributed by atoms with Crippen LogP contribution >= 0.6 is 11.3 Å². The molecule has 0 aliphatic heterocycles. The third-order valence-electron chi connectivity index (χ3n) is 5.15. The average Bonchev–Trinajstić information content (AvgIpc) is 3.08. The number of aryl methyl sites for hydroxylation is 1. The molecular formula is C22H20F3N3O2S2. The lowest BCUT2D eigenvalue weighted by Crippen LogP contribution is -2.32. The second-order valence-corrected chi connectivity index (χ2v) is 10.2. The summed E-state index contributed by atoms with van der Waals surface area (Å²) in [4.78, 5) is 8.36. The van der Waals surface area contributed by atoms with Crippen molar-refractivity contribution in [3.05, 3.63) is 60.4 Å². The summed E-state index contributed by atoms with van der Waals surface area (Å²) in [7, 11) is -4.11. The molecule has 0 fully saturated rings. The van der Waals surface area contributed by atoms with Gasteiger partial charge in [0, 0.05) is 30.1 Å². The maximum Gasteiger partial charge on any atom is 0.389 e. The van der Waals surface area contributed by atoms with E-state index < -0.39 is 22.6 Å². The first-order valence-corrected chi connectivity index (χ1v) is 12.2. The Hall–Kier alpha value is -2.72. The largest absolute Gasteiger partial charge is 0.389 e. The predicted molar refractivity (Wildman–Crippen MR) is 121 cm³/mol. The van der Waals surface area contributed by atoms with Gasteiger partial charge in [0.2, 0.25) is 0 Å². The van der Waals surface area contributed by atoms with Gasteiger partial charge >= 0.3 is 6.18 Å². The summed E-state index contributed by atoms with van der Waals surface area (Å²) in [6.07, 6.45) is -2.42. The van der Waals surface area contributed by atoms with Crippen LogP contribution in [0.25, 0.3) is 21.1 Å². The highest BCUT2D eigenvalue weighted by atomic mass is 32.2. The zero-order chi connectivity index (χ0) is 22.9. The van der Waals surface area contributed by atoms with Crippen molar-refractivity contribution in [3.8, 4) is 0 Å². The van der Waals surface area contributed by atoms with Crippen molar-refractivity contribution in [2.45, 2.75) is 37.3 Å². The highest BCUT2D eigenvalue weighted by Gasteiger charge is 2.31. The summed E-state index contributed by atoms with van der Waals surface area (Å²) < 4.78 is 67.7. The number of unbranched alkanes of at least 4 members (excludes halogenated alkanes) is 1. The second kappa shape index (κ2) is 8.67. The molecule has 2 heterocycles. The molecule has 168 valence electrons. The zero-order valence-electron chi connectivity index (χ0n) is 17.1. The van der Waals surface area contributed by atoms with Crippen LogP contribution in [0.4, 0.5) is 18.2 Å². The van der Waals surface area contributed by atoms with Crippen LogP contribution in [0.2, 0.25) is 0 Å². The summed E-state index contributed by atoms with van der Waals surface area (Å²) in [6.45, 7) is 1.76. The van der Waals surface area contributed by atoms with E-state index in [2.05, 4.69) is 9.97 Å². The standard InChI is InChI=1S/C22H20F3N3O2S2/c1-15-16-7-2-3-9-18(16)31-21(15)28(14-5-4-11-22(23,24)25)32(29,30)19-10-6-8-17-20(19)27-13-12-26-17/h2-3,6-10,12-13H,4-5,11,14H2,1H3. The highest BCUT2D eigenvalue weighted by Crippen LogP contribution is 2.40. The molecule has 0 bridgehead atoms. The number of alkyl halides is 3. The lowest BCUT2D eigenvalue weighted by molar-refractivity contribution is -0.135. The maximum atomic E-state index is 13.8. The topological polar surface area (TPSA) is 63.2 Å². The van der Waals surface area contributed by atoms with Crippen LogP contribution in [0.1, 0.15) is 24.8 Å². The Labute approximate surface area is 187 Å². The number of anilines is 1. The Morgan fingerprint density at radius 1 is 1.00 bits per heavy atom. The number of aromatic nitrogens is 2. The van der Waals surface area contributed by atoms with Crippen molar-refractivity contribution in [2.75, 3.05) is 10.8 Å². The van der Waals surface area contributed by atoms with Crippen LogP contribution in [-0.4, -0.2) is 31.1 Å². The van der Waals surface area contributed by atoms with Gasteiger partial charge in [0.05, 0.1) is 5.52 Å². The number of nitrogens with zero attached hydrogens (tertiary/aromatic N) is 3. The van der Waals surface area contributed by atoms with Gasteiger partial charge in [0.15, 0.2) is 0 Å². The zero-order valence-corrected chi connectivity index (χ0v) is 18.8. The lowest BCUT2D eigenvalue weighted by atomic mass is 10.2. The smallest absolute Gasteiger partial charge is 0.257 e. The van der Waals surface area contributed by atoms with Gasteiger partial charge in [-0.05, 0) is 48.9 Å². The minimum Gasteiger partial charge on any atom is -0.257 e. The summed E-state index contributed by atoms with van der Waals surface area (Å²) >= 11 is 1.31. The number of hydrogen-bond donors (Lipinski definition) is 0. The normalized spacial score (nSPS) is 12.5. The maximum absolute atomic E-state index is 13.8. The highest BCUT2D eigenvalue weighted by molar-refractivity contribution is 7.93. The first-order chi connectivity index (χ1) is 15.2. The van der Waals surface area contributed by atoms with E-state index in [9.17, 15) is 21.6 Å². The van der Waals surface area contributed by atoms with Gasteiger partial charge in [-0.15, -0.1) is 11.3 Å². The quantitative estimate of drug-likeness (QED) is 0.301. The summed E-state index contributed by atoms with van der Waals surface area (Å²) in [6, 6.07) is 12.2. The van der Waals surface area contributed by atoms with Crippen molar-refractivity contribution in [2.24, 2.45) is 0 Å². The number of para-hydroxylation sites is 1. The molecule has 0 saturated heterocycles. The molecule has 0 radical (unpaired) electrons. The van der Waals surface area contributed by atoms with Crippen molar-refractivity contribution < 1.29 is 21.6 Å². The third kappa shape index (κ3) is 4.42. The fraction of sp³-hybridized carbons (Fsp3) is 0.273. The van der Waals surface area contributed by atoms with Crippen LogP contribution in [0.3, 0.4) is 0 Å². The van der Waals surface area contributed by atoms with Crippen LogP contribution < -0.4 is 4.31 Å². The molecule has 2 aromatic heterocycles. The Bertz CT molecular complexity index is 1360. The van der Waals surface area contributed by atoms with E-state index in [1.54, 1.807) is 12.1 Å². The van der Waals surface area contributed by atoms with Crippen molar-refractivity contribution in [1.29, 1.82) is 0 Å². The molecule has 0 amide bonds. The van der Waals surface area contributed by atoms with Crippen molar-refractivity contribution in [1.82, 2.24) is 9.97 Å². The van der Waals surface area contributed by atoms with Crippen LogP contribution in [0, 0.1) is 6.92 Å². The van der Waals surface area contributed by atoms with E-state index in [1.807, 2.05) is 31.2 Å². The molecule has 0 N–H and O–H groups in total. The number of thiophene rings is 1. The minimum atomic E-state index is -4.28. The molecule has 0 aliphatic carbocycles. The summed E-state index contributed by atoms with van der Waals surface area (Å²) in [5.41, 5.74) is 1.43. The predicted octanol–water partition coefficient (Wildman–Crippen LogP) is 6.08. The monoisotopic (exact) mass is 479 g/mol. The number of hydrogen-bond acceptors (Lipinski definition) is 5. The van der Waals surface area contributed by atoms with E-state index in [1.165, 1.54) is 34.1 Å². The van der Waals surface area contributed by atoms with E-state index in [0.29, 0.717) is 10.5 Å². The summed E-state index contributed by atoms with van der Waals surface area (Å²) in [5.74, 6) is 0. The SMILES string of the molecule is Cc1c(N(CCCCC(F)(F)F)S(=O)(=O)c2cccc3nccnc23)sc2ccccc12. The molecule has 4 aromatic rings. The molecule has 0 aliphatic rings. The first kappa shape index (κ1) is 22.5. The summed E-state index contributed by atoms with van der Waals surface area (Å²) in [5, 5.41) is 1.42. The van der Waals surface area contributed by atoms with Crippen LogP contribution in [-0.2, 0) is 10.0 Å². The van der Waals surface area contributed by atoms with Gasteiger partial charge < -0.3 is 0 Å². The molecule has 0 saturated carbocycles. The molecule has 4 rings (SSSR count). The average molecular weight is 480 g/mol. The Balaban J connectivity index is 1.79. The fourth-order valence-corrected chi connectivity index (χ4v) is 6.77. The van der Waals surface area contributed by atoms with E-state index >= 15 is 0 Å². The molecule has 0 atom stereocenters. The molecule has 5 nitrogen and oxygen atoms in total. The van der Waals surface area contributed by atoms with Crippen LogP contribution in [0.15, 0.2) is 59.8 Å². The Morgan fingerprint density at radius 3 is 2.50 bits per heavy atom. The van der Waals surface area contributed by atoms with Gasteiger partial charge in [-0.3, -0.25) is 14.3 Å². The van der Waals surface area contributed by atoms with Gasteiger partial charge in [0.25, 0.3) is 10.0 Å². The number of sulfonamides is 1. The third-order valence-corrected chi connectivity index (χ3v) is 8.39. The lowest BCUT2D eigenvalue weighted by Gasteiger charge is -2.24. The minimum absolute atomic E-state index is 0.0178. The van der Waals surface area contributed by atoms with Gasteiger partial charge in [-0.25, -0.2) is 8.42 Å². The molecule has 2 aromatic carbocycles. The number of fused-ring (bicyclic) bond motifs is 2. The van der Waals surface area contributed by atoms with Gasteiger partial charge in [0.1, 0.15) is 15.4 Å². The van der Waals surface area contributed by atoms with E-state index in [4.69, 9.17) is 0 Å². The molecule has 0 unspecified atom stereocenters. The van der Waals surface area contributed by atoms with E-state index in [0.717, 1.165) is 15.6 Å². The van der Waals surface area contributed by atoms with Gasteiger partial charge in [-0.2, -0.15) is 13.2 Å². The number of halogens is 3.